The van der Waals surface area contributed by atoms with Crippen molar-refractivity contribution >= 4 is 0 Å². The van der Waals surface area contributed by atoms with E-state index in [1.807, 2.05) is 7.11 Å². The normalized spacial score (nSPS) is 33.5. The Balaban J connectivity index is 1.91. The van der Waals surface area contributed by atoms with Crippen LogP contribution in [-0.2, 0) is 4.74 Å². The van der Waals surface area contributed by atoms with Crippen LogP contribution in [0.25, 0.3) is 0 Å². The van der Waals surface area contributed by atoms with Crippen LogP contribution in [0.3, 0.4) is 0 Å². The Hall–Kier alpha value is -0.120. The summed E-state index contributed by atoms with van der Waals surface area (Å²) < 4.78 is 5.59. The topological polar surface area (TPSA) is 32.7 Å². The summed E-state index contributed by atoms with van der Waals surface area (Å²) in [6, 6.07) is 0. The van der Waals surface area contributed by atoms with Crippen molar-refractivity contribution in [3.63, 3.8) is 0 Å². The second kappa shape index (κ2) is 6.36. The maximum atomic E-state index is 9.79. The van der Waals surface area contributed by atoms with Gasteiger partial charge < -0.3 is 14.7 Å². The average Bonchev–Trinajstić information content (AvgIpc) is 2.42. The van der Waals surface area contributed by atoms with Crippen LogP contribution in [0.2, 0.25) is 0 Å². The fourth-order valence-electron chi connectivity index (χ4n) is 3.69. The summed E-state index contributed by atoms with van der Waals surface area (Å²) >= 11 is 0. The molecule has 2 fully saturated rings. The molecule has 3 nitrogen and oxygen atoms in total. The van der Waals surface area contributed by atoms with Crippen LogP contribution in [0.15, 0.2) is 0 Å². The van der Waals surface area contributed by atoms with Gasteiger partial charge in [0, 0.05) is 32.2 Å². The van der Waals surface area contributed by atoms with Gasteiger partial charge in [0.1, 0.15) is 0 Å². The van der Waals surface area contributed by atoms with E-state index in [1.165, 1.54) is 45.1 Å². The number of piperidine rings is 1. The van der Waals surface area contributed by atoms with E-state index < -0.39 is 0 Å². The van der Waals surface area contributed by atoms with Crippen molar-refractivity contribution in [3.8, 4) is 0 Å². The molecule has 0 aromatic heterocycles. The van der Waals surface area contributed by atoms with Crippen molar-refractivity contribution in [2.45, 2.75) is 51.6 Å². The Kier molecular flexibility index (Phi) is 5.05. The molecule has 2 aliphatic rings. The minimum absolute atomic E-state index is 0.178. The Morgan fingerprint density at radius 1 is 1.28 bits per heavy atom. The van der Waals surface area contributed by atoms with Crippen molar-refractivity contribution in [2.24, 2.45) is 11.3 Å². The summed E-state index contributed by atoms with van der Waals surface area (Å²) in [7, 11) is 1.83. The molecule has 2 atom stereocenters. The molecule has 1 aliphatic heterocycles. The number of rotatable bonds is 4. The molecule has 2 unspecified atom stereocenters. The van der Waals surface area contributed by atoms with Gasteiger partial charge in [0.05, 0.1) is 6.10 Å². The van der Waals surface area contributed by atoms with Crippen molar-refractivity contribution in [1.82, 2.24) is 4.90 Å². The molecule has 0 amide bonds. The first-order valence-corrected chi connectivity index (χ1v) is 7.55. The van der Waals surface area contributed by atoms with Crippen LogP contribution >= 0.6 is 0 Å². The summed E-state index contributed by atoms with van der Waals surface area (Å²) in [4.78, 5) is 2.52. The first-order valence-electron chi connectivity index (χ1n) is 7.55. The van der Waals surface area contributed by atoms with Gasteiger partial charge in [0.15, 0.2) is 0 Å². The molecular formula is C15H29NO2. The molecule has 106 valence electrons. The molecule has 18 heavy (non-hydrogen) atoms. The molecule has 1 heterocycles. The molecule has 1 N–H and O–H groups in total. The van der Waals surface area contributed by atoms with E-state index in [-0.39, 0.29) is 5.41 Å². The lowest BCUT2D eigenvalue weighted by molar-refractivity contribution is -0.0331. The molecule has 1 saturated heterocycles. The van der Waals surface area contributed by atoms with Crippen molar-refractivity contribution in [1.29, 1.82) is 0 Å². The number of aliphatic hydroxyl groups excluding tert-OH is 1. The van der Waals surface area contributed by atoms with Crippen molar-refractivity contribution in [3.05, 3.63) is 0 Å². The van der Waals surface area contributed by atoms with Gasteiger partial charge in [0.25, 0.3) is 0 Å². The van der Waals surface area contributed by atoms with Gasteiger partial charge in [-0.25, -0.2) is 0 Å². The van der Waals surface area contributed by atoms with Crippen LogP contribution in [0, 0.1) is 11.3 Å². The van der Waals surface area contributed by atoms with Gasteiger partial charge >= 0.3 is 0 Å². The van der Waals surface area contributed by atoms with Crippen LogP contribution < -0.4 is 0 Å². The predicted molar refractivity (Wildman–Crippen MR) is 73.6 cm³/mol. The molecule has 1 aliphatic carbocycles. The zero-order valence-electron chi connectivity index (χ0n) is 12.0. The maximum absolute atomic E-state index is 9.79. The van der Waals surface area contributed by atoms with Crippen molar-refractivity contribution < 1.29 is 9.84 Å². The number of nitrogens with zero attached hydrogens (tertiary/aromatic N) is 1. The highest BCUT2D eigenvalue weighted by molar-refractivity contribution is 4.88. The average molecular weight is 255 g/mol. The molecule has 0 bridgehead atoms. The molecule has 0 aromatic rings. The van der Waals surface area contributed by atoms with Gasteiger partial charge in [-0.3, -0.25) is 0 Å². The zero-order valence-corrected chi connectivity index (χ0v) is 12.0. The second-order valence-electron chi connectivity index (χ2n) is 6.49. The smallest absolute Gasteiger partial charge is 0.0724 e. The lowest BCUT2D eigenvalue weighted by Gasteiger charge is -2.43. The molecule has 0 aromatic carbocycles. The monoisotopic (exact) mass is 255 g/mol. The standard InChI is InChI=1S/C15H29NO2/c1-13-6-9-16(10-14(13)18-2)11-15(12-17)7-4-3-5-8-15/h13-14,17H,3-12H2,1-2H3. The minimum Gasteiger partial charge on any atom is -0.396 e. The van der Waals surface area contributed by atoms with E-state index in [2.05, 4.69) is 11.8 Å². The molecule has 0 spiro atoms. The van der Waals surface area contributed by atoms with E-state index in [9.17, 15) is 5.11 Å². The summed E-state index contributed by atoms with van der Waals surface area (Å²) in [5, 5.41) is 9.79. The Morgan fingerprint density at radius 2 is 2.00 bits per heavy atom. The summed E-state index contributed by atoms with van der Waals surface area (Å²) in [5.41, 5.74) is 0.178. The van der Waals surface area contributed by atoms with E-state index in [0.29, 0.717) is 18.6 Å². The molecule has 2 rings (SSSR count). The highest BCUT2D eigenvalue weighted by Gasteiger charge is 2.35. The third-order valence-corrected chi connectivity index (χ3v) is 5.08. The van der Waals surface area contributed by atoms with Gasteiger partial charge in [-0.15, -0.1) is 0 Å². The maximum Gasteiger partial charge on any atom is 0.0724 e. The van der Waals surface area contributed by atoms with Gasteiger partial charge in [0.2, 0.25) is 0 Å². The lowest BCUT2D eigenvalue weighted by atomic mass is 9.74. The number of aliphatic hydroxyl groups is 1. The highest BCUT2D eigenvalue weighted by atomic mass is 16.5. The van der Waals surface area contributed by atoms with Crippen molar-refractivity contribution in [2.75, 3.05) is 33.4 Å². The summed E-state index contributed by atoms with van der Waals surface area (Å²) in [5.74, 6) is 0.669. The Labute approximate surface area is 112 Å². The molecular weight excluding hydrogens is 226 g/mol. The third-order valence-electron chi connectivity index (χ3n) is 5.08. The Morgan fingerprint density at radius 3 is 2.61 bits per heavy atom. The largest absolute Gasteiger partial charge is 0.396 e. The predicted octanol–water partition coefficient (Wildman–Crippen LogP) is 2.29. The number of ether oxygens (including phenoxy) is 1. The quantitative estimate of drug-likeness (QED) is 0.836. The number of hydrogen-bond donors (Lipinski definition) is 1. The zero-order chi connectivity index (χ0) is 13.0. The lowest BCUT2D eigenvalue weighted by Crippen LogP contribution is -2.49. The van der Waals surface area contributed by atoms with E-state index in [4.69, 9.17) is 4.74 Å². The molecule has 3 heteroatoms. The SMILES string of the molecule is COC1CN(CC2(CO)CCCCC2)CCC1C. The number of likely N-dealkylation sites (tertiary alicyclic amines) is 1. The number of hydrogen-bond acceptors (Lipinski definition) is 3. The van der Waals surface area contributed by atoms with E-state index in [1.54, 1.807) is 0 Å². The highest BCUT2D eigenvalue weighted by Crippen LogP contribution is 2.37. The molecule has 1 saturated carbocycles. The summed E-state index contributed by atoms with van der Waals surface area (Å²) in [6.45, 7) is 5.92. The van der Waals surface area contributed by atoms with Crippen LogP contribution in [-0.4, -0.2) is 49.5 Å². The molecule has 0 radical (unpaired) electrons. The first kappa shape index (κ1) is 14.3. The second-order valence-corrected chi connectivity index (χ2v) is 6.49. The Bertz CT molecular complexity index is 251. The van der Waals surface area contributed by atoms with E-state index >= 15 is 0 Å². The van der Waals surface area contributed by atoms with Gasteiger partial charge in [-0.1, -0.05) is 26.2 Å². The minimum atomic E-state index is 0.178. The summed E-state index contributed by atoms with van der Waals surface area (Å²) in [6.07, 6.45) is 7.93. The van der Waals surface area contributed by atoms with Gasteiger partial charge in [-0.2, -0.15) is 0 Å². The fourth-order valence-corrected chi connectivity index (χ4v) is 3.69. The van der Waals surface area contributed by atoms with Crippen LogP contribution in [0.1, 0.15) is 45.4 Å². The van der Waals surface area contributed by atoms with Crippen LogP contribution in [0.5, 0.6) is 0 Å². The number of methoxy groups -OCH3 is 1. The van der Waals surface area contributed by atoms with Crippen LogP contribution in [0.4, 0.5) is 0 Å². The van der Waals surface area contributed by atoms with E-state index in [0.717, 1.165) is 13.1 Å². The third kappa shape index (κ3) is 3.25. The first-order chi connectivity index (χ1) is 8.69. The van der Waals surface area contributed by atoms with Gasteiger partial charge in [-0.05, 0) is 31.7 Å². The fraction of sp³-hybridized carbons (Fsp3) is 1.00.